The van der Waals surface area contributed by atoms with Crippen molar-refractivity contribution in [2.45, 2.75) is 26.8 Å². The van der Waals surface area contributed by atoms with Gasteiger partial charge in [0, 0.05) is 29.6 Å². The molecule has 2 amide bonds. The quantitative estimate of drug-likeness (QED) is 0.433. The van der Waals surface area contributed by atoms with Crippen LogP contribution in [-0.4, -0.2) is 37.0 Å². The van der Waals surface area contributed by atoms with E-state index >= 15 is 0 Å². The summed E-state index contributed by atoms with van der Waals surface area (Å²) in [6.07, 6.45) is 0. The fourth-order valence-electron chi connectivity index (χ4n) is 3.28. The number of thiophene rings is 1. The summed E-state index contributed by atoms with van der Waals surface area (Å²) >= 11 is 1.35. The zero-order valence-electron chi connectivity index (χ0n) is 18.8. The molecule has 0 bridgehead atoms. The van der Waals surface area contributed by atoms with Crippen LogP contribution in [0.4, 0.5) is 17.1 Å². The molecule has 0 spiro atoms. The fourth-order valence-corrected chi connectivity index (χ4v) is 3.90. The number of rotatable bonds is 9. The lowest BCUT2D eigenvalue weighted by Crippen LogP contribution is -2.30. The largest absolute Gasteiger partial charge is 0.452 e. The van der Waals surface area contributed by atoms with E-state index in [0.717, 1.165) is 12.2 Å². The van der Waals surface area contributed by atoms with Crippen LogP contribution in [0.15, 0.2) is 66.0 Å². The Kier molecular flexibility index (Phi) is 8.21. The highest BCUT2D eigenvalue weighted by atomic mass is 32.1. The highest BCUT2D eigenvalue weighted by Crippen LogP contribution is 2.20. The van der Waals surface area contributed by atoms with Crippen molar-refractivity contribution in [3.8, 4) is 0 Å². The van der Waals surface area contributed by atoms with Crippen molar-refractivity contribution in [3.05, 3.63) is 76.5 Å². The first-order valence-electron chi connectivity index (χ1n) is 10.7. The van der Waals surface area contributed by atoms with E-state index < -0.39 is 18.5 Å². The average molecular weight is 466 g/mol. The van der Waals surface area contributed by atoms with Gasteiger partial charge in [0.15, 0.2) is 6.61 Å². The van der Waals surface area contributed by atoms with Crippen LogP contribution >= 0.6 is 11.3 Å². The van der Waals surface area contributed by atoms with E-state index in [1.54, 1.807) is 24.3 Å². The number of amides is 2. The van der Waals surface area contributed by atoms with Gasteiger partial charge in [-0.3, -0.25) is 9.59 Å². The molecule has 8 heteroatoms. The van der Waals surface area contributed by atoms with Crippen molar-refractivity contribution < 1.29 is 19.1 Å². The number of carbonyl (C=O) groups excluding carboxylic acids is 3. The summed E-state index contributed by atoms with van der Waals surface area (Å²) in [5, 5.41) is 7.31. The molecule has 0 aliphatic carbocycles. The maximum absolute atomic E-state index is 12.2. The normalized spacial score (nSPS) is 10.5. The van der Waals surface area contributed by atoms with Gasteiger partial charge < -0.3 is 20.3 Å². The van der Waals surface area contributed by atoms with E-state index in [-0.39, 0.29) is 11.5 Å². The van der Waals surface area contributed by atoms with Crippen molar-refractivity contribution in [1.29, 1.82) is 0 Å². The molecule has 1 aromatic heterocycles. The van der Waals surface area contributed by atoms with Gasteiger partial charge in [0.25, 0.3) is 11.8 Å². The molecule has 0 aliphatic heterocycles. The Balaban J connectivity index is 1.48. The maximum atomic E-state index is 12.2. The van der Waals surface area contributed by atoms with Crippen LogP contribution in [0.5, 0.6) is 0 Å². The standard InChI is InChI=1S/C25H27N3O4S/c1-4-28(17(2)3)21-13-11-19(12-14-21)26-23(29)16-32-25(31)18-7-9-20(10-8-18)27-24(30)22-6-5-15-33-22/h5-15,17H,4,16H2,1-3H3,(H,26,29)(H,27,30). The van der Waals surface area contributed by atoms with Gasteiger partial charge in [-0.05, 0) is 80.7 Å². The van der Waals surface area contributed by atoms with E-state index in [1.165, 1.54) is 23.5 Å². The molecule has 0 atom stereocenters. The summed E-state index contributed by atoms with van der Waals surface area (Å²) < 4.78 is 5.11. The van der Waals surface area contributed by atoms with Crippen molar-refractivity contribution in [3.63, 3.8) is 0 Å². The predicted octanol–water partition coefficient (Wildman–Crippen LogP) is 5.03. The molecular weight excluding hydrogens is 438 g/mol. The molecule has 2 aromatic carbocycles. The molecule has 0 fully saturated rings. The van der Waals surface area contributed by atoms with Gasteiger partial charge in [-0.1, -0.05) is 6.07 Å². The monoisotopic (exact) mass is 465 g/mol. The summed E-state index contributed by atoms with van der Waals surface area (Å²) in [6.45, 7) is 6.84. The maximum Gasteiger partial charge on any atom is 0.338 e. The van der Waals surface area contributed by atoms with E-state index in [0.29, 0.717) is 22.3 Å². The number of esters is 1. The zero-order valence-corrected chi connectivity index (χ0v) is 19.6. The minimum atomic E-state index is -0.618. The van der Waals surface area contributed by atoms with Crippen molar-refractivity contribution >= 4 is 46.2 Å². The van der Waals surface area contributed by atoms with Crippen LogP contribution in [0.2, 0.25) is 0 Å². The minimum Gasteiger partial charge on any atom is -0.452 e. The Morgan fingerprint density at radius 2 is 1.58 bits per heavy atom. The molecule has 2 N–H and O–H groups in total. The molecular formula is C25H27N3O4S. The fraction of sp³-hybridized carbons (Fsp3) is 0.240. The van der Waals surface area contributed by atoms with Crippen LogP contribution in [0.3, 0.4) is 0 Å². The second-order valence-electron chi connectivity index (χ2n) is 7.56. The van der Waals surface area contributed by atoms with Gasteiger partial charge >= 0.3 is 5.97 Å². The first kappa shape index (κ1) is 24.0. The molecule has 33 heavy (non-hydrogen) atoms. The Bertz CT molecular complexity index is 1080. The summed E-state index contributed by atoms with van der Waals surface area (Å²) in [6, 6.07) is 17.8. The molecule has 3 rings (SSSR count). The number of benzene rings is 2. The third-order valence-electron chi connectivity index (χ3n) is 4.90. The first-order chi connectivity index (χ1) is 15.9. The molecule has 3 aromatic rings. The Hall–Kier alpha value is -3.65. The number of carbonyl (C=O) groups is 3. The zero-order chi connectivity index (χ0) is 23.8. The van der Waals surface area contributed by atoms with Crippen LogP contribution in [-0.2, 0) is 9.53 Å². The van der Waals surface area contributed by atoms with Crippen LogP contribution in [0.1, 0.15) is 40.8 Å². The van der Waals surface area contributed by atoms with E-state index in [1.807, 2.05) is 29.6 Å². The summed E-state index contributed by atoms with van der Waals surface area (Å²) in [7, 11) is 0. The number of anilines is 3. The first-order valence-corrected chi connectivity index (χ1v) is 11.5. The Morgan fingerprint density at radius 1 is 0.939 bits per heavy atom. The Morgan fingerprint density at radius 3 is 2.15 bits per heavy atom. The Labute approximate surface area is 197 Å². The average Bonchev–Trinajstić information content (AvgIpc) is 3.35. The smallest absolute Gasteiger partial charge is 0.338 e. The SMILES string of the molecule is CCN(c1ccc(NC(=O)COC(=O)c2ccc(NC(=O)c3cccs3)cc2)cc1)C(C)C. The van der Waals surface area contributed by atoms with Crippen LogP contribution < -0.4 is 15.5 Å². The number of nitrogens with one attached hydrogen (secondary N) is 2. The third-order valence-corrected chi connectivity index (χ3v) is 5.77. The van der Waals surface area contributed by atoms with Crippen LogP contribution in [0, 0.1) is 0 Å². The molecule has 0 unspecified atom stereocenters. The third kappa shape index (κ3) is 6.66. The molecule has 0 saturated carbocycles. The van der Waals surface area contributed by atoms with E-state index in [9.17, 15) is 14.4 Å². The summed E-state index contributed by atoms with van der Waals surface area (Å²) in [5.41, 5.74) is 2.55. The molecule has 0 saturated heterocycles. The van der Waals surface area contributed by atoms with Gasteiger partial charge in [-0.25, -0.2) is 4.79 Å². The highest BCUT2D eigenvalue weighted by Gasteiger charge is 2.13. The second kappa shape index (κ2) is 11.3. The van der Waals surface area contributed by atoms with E-state index in [2.05, 4.69) is 36.3 Å². The lowest BCUT2D eigenvalue weighted by atomic mass is 10.2. The van der Waals surface area contributed by atoms with Gasteiger partial charge in [0.2, 0.25) is 0 Å². The topological polar surface area (TPSA) is 87.7 Å². The summed E-state index contributed by atoms with van der Waals surface area (Å²) in [4.78, 5) is 39.3. The molecule has 1 heterocycles. The second-order valence-corrected chi connectivity index (χ2v) is 8.51. The molecule has 0 aliphatic rings. The van der Waals surface area contributed by atoms with Gasteiger partial charge in [0.05, 0.1) is 10.4 Å². The lowest BCUT2D eigenvalue weighted by Gasteiger charge is -2.27. The van der Waals surface area contributed by atoms with Crippen molar-refractivity contribution in [2.75, 3.05) is 28.7 Å². The number of nitrogens with zero attached hydrogens (tertiary/aromatic N) is 1. The predicted molar refractivity (Wildman–Crippen MR) is 132 cm³/mol. The van der Waals surface area contributed by atoms with Crippen molar-refractivity contribution in [2.24, 2.45) is 0 Å². The summed E-state index contributed by atoms with van der Waals surface area (Å²) in [5.74, 6) is -1.25. The van der Waals surface area contributed by atoms with Gasteiger partial charge in [-0.2, -0.15) is 0 Å². The number of hydrogen-bond donors (Lipinski definition) is 2. The van der Waals surface area contributed by atoms with Gasteiger partial charge in [0.1, 0.15) is 0 Å². The van der Waals surface area contributed by atoms with Crippen LogP contribution in [0.25, 0.3) is 0 Å². The molecule has 0 radical (unpaired) electrons. The molecule has 7 nitrogen and oxygen atoms in total. The van der Waals surface area contributed by atoms with Crippen molar-refractivity contribution in [1.82, 2.24) is 0 Å². The number of ether oxygens (including phenoxy) is 1. The minimum absolute atomic E-state index is 0.211. The molecule has 172 valence electrons. The lowest BCUT2D eigenvalue weighted by molar-refractivity contribution is -0.119. The highest BCUT2D eigenvalue weighted by molar-refractivity contribution is 7.12. The van der Waals surface area contributed by atoms with Gasteiger partial charge in [-0.15, -0.1) is 11.3 Å². The van der Waals surface area contributed by atoms with E-state index in [4.69, 9.17) is 4.74 Å². The number of hydrogen-bond acceptors (Lipinski definition) is 6.